The number of benzene rings is 1. The molecule has 7 nitrogen and oxygen atoms in total. The fraction of sp³-hybridized carbons (Fsp3) is 0.294. The van der Waals surface area contributed by atoms with Crippen LogP contribution in [0.1, 0.15) is 24.2 Å². The Balaban J connectivity index is 2.05. The molecular weight excluding hydrogens is 344 g/mol. The quantitative estimate of drug-likeness (QED) is 0.471. The molecule has 0 unspecified atom stereocenters. The first-order valence-electron chi connectivity index (χ1n) is 7.63. The molecule has 0 atom stereocenters. The van der Waals surface area contributed by atoms with Gasteiger partial charge in [-0.15, -0.1) is 0 Å². The summed E-state index contributed by atoms with van der Waals surface area (Å²) in [4.78, 5) is 48.3. The highest BCUT2D eigenvalue weighted by atomic mass is 32.2. The number of nitrogens with zero attached hydrogens (tertiary/aromatic N) is 1. The molecule has 132 valence electrons. The van der Waals surface area contributed by atoms with Gasteiger partial charge < -0.3 is 10.1 Å². The number of amides is 2. The first kappa shape index (κ1) is 18.7. The Labute approximate surface area is 149 Å². The number of hydrogen-bond acceptors (Lipinski definition) is 6. The number of hydrogen-bond donors (Lipinski definition) is 1. The molecule has 1 aromatic carbocycles. The molecule has 1 saturated heterocycles. The molecule has 2 rings (SSSR count). The average molecular weight is 362 g/mol. The smallest absolute Gasteiger partial charge is 0.333 e. The van der Waals surface area contributed by atoms with Crippen LogP contribution in [0, 0.1) is 0 Å². The molecule has 1 aromatic rings. The number of nitrogens with one attached hydrogen (secondary N) is 1. The van der Waals surface area contributed by atoms with Crippen LogP contribution in [0.15, 0.2) is 35.4 Å². The Morgan fingerprint density at radius 3 is 2.80 bits per heavy atom. The molecule has 0 bridgehead atoms. The lowest BCUT2D eigenvalue weighted by molar-refractivity contribution is -0.137. The highest BCUT2D eigenvalue weighted by Gasteiger charge is 2.29. The number of carbonyl (C=O) groups is 4. The van der Waals surface area contributed by atoms with E-state index in [1.807, 2.05) is 0 Å². The van der Waals surface area contributed by atoms with Crippen molar-refractivity contribution in [2.45, 2.75) is 13.8 Å². The van der Waals surface area contributed by atoms with Crippen molar-refractivity contribution in [1.29, 1.82) is 0 Å². The Bertz CT molecular complexity index is 744. The molecule has 2 amide bonds. The van der Waals surface area contributed by atoms with Crippen molar-refractivity contribution in [1.82, 2.24) is 4.90 Å². The predicted octanol–water partition coefficient (Wildman–Crippen LogP) is 1.81. The van der Waals surface area contributed by atoms with Gasteiger partial charge in [-0.1, -0.05) is 23.9 Å². The maximum absolute atomic E-state index is 12.2. The third kappa shape index (κ3) is 5.18. The topological polar surface area (TPSA) is 92.8 Å². The van der Waals surface area contributed by atoms with Gasteiger partial charge in [0.15, 0.2) is 5.78 Å². The molecule has 1 aliphatic heterocycles. The normalized spacial score (nSPS) is 15.4. The van der Waals surface area contributed by atoms with Gasteiger partial charge in [0.25, 0.3) is 0 Å². The van der Waals surface area contributed by atoms with Crippen LogP contribution >= 0.6 is 11.8 Å². The van der Waals surface area contributed by atoms with E-state index in [2.05, 4.69) is 5.32 Å². The molecule has 1 fully saturated rings. The molecule has 1 aliphatic rings. The second-order valence-corrected chi connectivity index (χ2v) is 6.18. The summed E-state index contributed by atoms with van der Waals surface area (Å²) >= 11 is 1.18. The number of carbonyl (C=O) groups excluding carboxylic acids is 4. The number of anilines is 1. The van der Waals surface area contributed by atoms with Crippen LogP contribution in [0.3, 0.4) is 0 Å². The van der Waals surface area contributed by atoms with E-state index in [4.69, 9.17) is 4.74 Å². The standard InChI is InChI=1S/C17H18N2O5S/c1-3-24-17(23)8-16-19(15(22)10-25-16)9-14(21)18-13-6-4-5-12(7-13)11(2)20/h4-8H,3,9-10H2,1-2H3,(H,18,21)/b16-8-. The Morgan fingerprint density at radius 2 is 2.12 bits per heavy atom. The summed E-state index contributed by atoms with van der Waals surface area (Å²) < 4.78 is 4.82. The summed E-state index contributed by atoms with van der Waals surface area (Å²) in [6, 6.07) is 6.53. The van der Waals surface area contributed by atoms with Crippen molar-refractivity contribution in [3.8, 4) is 0 Å². The number of rotatable bonds is 6. The summed E-state index contributed by atoms with van der Waals surface area (Å²) in [7, 11) is 0. The van der Waals surface area contributed by atoms with E-state index in [-0.39, 0.29) is 30.6 Å². The van der Waals surface area contributed by atoms with Gasteiger partial charge in [-0.2, -0.15) is 0 Å². The van der Waals surface area contributed by atoms with Crippen LogP contribution in [0.4, 0.5) is 5.69 Å². The number of esters is 1. The highest BCUT2D eigenvalue weighted by molar-refractivity contribution is 8.04. The van der Waals surface area contributed by atoms with Gasteiger partial charge in [-0.3, -0.25) is 19.3 Å². The van der Waals surface area contributed by atoms with Gasteiger partial charge in [0, 0.05) is 11.3 Å². The lowest BCUT2D eigenvalue weighted by Gasteiger charge is -2.16. The predicted molar refractivity (Wildman–Crippen MR) is 94.0 cm³/mol. The van der Waals surface area contributed by atoms with Gasteiger partial charge in [0.2, 0.25) is 11.8 Å². The molecule has 0 radical (unpaired) electrons. The summed E-state index contributed by atoms with van der Waals surface area (Å²) in [5, 5.41) is 3.03. The number of Topliss-reactive ketones (excluding diaryl/α,β-unsaturated/α-hetero) is 1. The van der Waals surface area contributed by atoms with Gasteiger partial charge in [0.1, 0.15) is 6.54 Å². The van der Waals surface area contributed by atoms with E-state index < -0.39 is 11.9 Å². The minimum absolute atomic E-state index is 0.109. The second-order valence-electron chi connectivity index (χ2n) is 5.19. The molecule has 8 heteroatoms. The highest BCUT2D eigenvalue weighted by Crippen LogP contribution is 2.28. The SMILES string of the molecule is CCOC(=O)/C=C1\SCC(=O)N1CC(=O)Nc1cccc(C(C)=O)c1. The minimum Gasteiger partial charge on any atom is -0.463 e. The van der Waals surface area contributed by atoms with Crippen LogP contribution in [-0.4, -0.2) is 47.4 Å². The average Bonchev–Trinajstić information content (AvgIpc) is 2.88. The molecule has 1 N–H and O–H groups in total. The molecule has 0 aliphatic carbocycles. The number of ether oxygens (including phenoxy) is 1. The van der Waals surface area contributed by atoms with Crippen molar-refractivity contribution < 1.29 is 23.9 Å². The van der Waals surface area contributed by atoms with E-state index >= 15 is 0 Å². The second kappa shape index (κ2) is 8.48. The maximum atomic E-state index is 12.2. The molecule has 0 aromatic heterocycles. The Kier molecular flexibility index (Phi) is 6.35. The van der Waals surface area contributed by atoms with E-state index in [9.17, 15) is 19.2 Å². The van der Waals surface area contributed by atoms with Crippen LogP contribution in [0.25, 0.3) is 0 Å². The van der Waals surface area contributed by atoms with E-state index in [0.717, 1.165) is 0 Å². The lowest BCUT2D eigenvalue weighted by Crippen LogP contribution is -2.34. The molecule has 1 heterocycles. The van der Waals surface area contributed by atoms with Crippen LogP contribution < -0.4 is 5.32 Å². The first-order chi connectivity index (χ1) is 11.9. The lowest BCUT2D eigenvalue weighted by atomic mass is 10.1. The molecule has 25 heavy (non-hydrogen) atoms. The summed E-state index contributed by atoms with van der Waals surface area (Å²) in [6.45, 7) is 3.13. The van der Waals surface area contributed by atoms with Gasteiger partial charge in [-0.05, 0) is 26.0 Å². The zero-order valence-corrected chi connectivity index (χ0v) is 14.7. The van der Waals surface area contributed by atoms with Crippen molar-refractivity contribution in [2.75, 3.05) is 24.2 Å². The third-order valence-corrected chi connectivity index (χ3v) is 4.32. The van der Waals surface area contributed by atoms with E-state index in [0.29, 0.717) is 16.3 Å². The number of thioether (sulfide) groups is 1. The molecule has 0 spiro atoms. The third-order valence-electron chi connectivity index (χ3n) is 3.29. The minimum atomic E-state index is -0.556. The van der Waals surface area contributed by atoms with Crippen LogP contribution in [0.5, 0.6) is 0 Å². The monoisotopic (exact) mass is 362 g/mol. The Morgan fingerprint density at radius 1 is 1.36 bits per heavy atom. The van der Waals surface area contributed by atoms with Crippen molar-refractivity contribution in [3.05, 3.63) is 40.9 Å². The van der Waals surface area contributed by atoms with Crippen molar-refractivity contribution in [3.63, 3.8) is 0 Å². The fourth-order valence-electron chi connectivity index (χ4n) is 2.14. The summed E-state index contributed by atoms with van der Waals surface area (Å²) in [5.74, 6) is -1.18. The van der Waals surface area contributed by atoms with E-state index in [1.54, 1.807) is 31.2 Å². The largest absolute Gasteiger partial charge is 0.463 e. The zero-order valence-electron chi connectivity index (χ0n) is 13.9. The van der Waals surface area contributed by atoms with Gasteiger partial charge >= 0.3 is 5.97 Å². The molecule has 0 saturated carbocycles. The fourth-order valence-corrected chi connectivity index (χ4v) is 3.07. The van der Waals surface area contributed by atoms with Crippen LogP contribution in [-0.2, 0) is 19.1 Å². The number of ketones is 1. The van der Waals surface area contributed by atoms with Crippen LogP contribution in [0.2, 0.25) is 0 Å². The van der Waals surface area contributed by atoms with Crippen molar-refractivity contribution in [2.24, 2.45) is 0 Å². The van der Waals surface area contributed by atoms with Gasteiger partial charge in [0.05, 0.1) is 23.5 Å². The summed E-state index contributed by atoms with van der Waals surface area (Å²) in [5.41, 5.74) is 0.946. The van der Waals surface area contributed by atoms with E-state index in [1.165, 1.54) is 29.7 Å². The zero-order chi connectivity index (χ0) is 18.4. The molecular formula is C17H18N2O5S. The van der Waals surface area contributed by atoms with Gasteiger partial charge in [-0.25, -0.2) is 4.79 Å². The maximum Gasteiger partial charge on any atom is 0.333 e. The first-order valence-corrected chi connectivity index (χ1v) is 8.61. The Hall–Kier alpha value is -2.61. The summed E-state index contributed by atoms with van der Waals surface area (Å²) in [6.07, 6.45) is 1.21. The van der Waals surface area contributed by atoms with Crippen molar-refractivity contribution >= 4 is 41.0 Å².